The molecule has 1 heterocycles. The van der Waals surface area contributed by atoms with Crippen molar-refractivity contribution >= 4 is 28.2 Å². The highest BCUT2D eigenvalue weighted by atomic mass is 16.4. The van der Waals surface area contributed by atoms with Gasteiger partial charge in [0.1, 0.15) is 11.9 Å². The summed E-state index contributed by atoms with van der Waals surface area (Å²) in [6.45, 7) is 3.98. The van der Waals surface area contributed by atoms with E-state index in [9.17, 15) is 9.90 Å². The Bertz CT molecular complexity index is 626. The fraction of sp³-hybridized carbons (Fsp3) is 0.333. The van der Waals surface area contributed by atoms with Crippen molar-refractivity contribution in [2.75, 3.05) is 11.1 Å². The number of nitrogens with one attached hydrogen (secondary N) is 1. The zero-order chi connectivity index (χ0) is 14.7. The number of hydrogen-bond acceptors (Lipinski definition) is 4. The van der Waals surface area contributed by atoms with Gasteiger partial charge in [-0.2, -0.15) is 0 Å². The highest BCUT2D eigenvalue weighted by Gasteiger charge is 2.20. The standard InChI is InChI=1S/C15H19N3O2/c1-9(2)8-13(15(19)20)18-14-11-4-3-5-12(16)10(11)6-7-17-14/h3-7,9,13H,8,16H2,1-2H3,(H,17,18)(H,19,20). The summed E-state index contributed by atoms with van der Waals surface area (Å²) in [6.07, 6.45) is 2.17. The van der Waals surface area contributed by atoms with E-state index in [4.69, 9.17) is 5.73 Å². The van der Waals surface area contributed by atoms with Crippen LogP contribution in [0.1, 0.15) is 20.3 Å². The summed E-state index contributed by atoms with van der Waals surface area (Å²) in [5.41, 5.74) is 6.58. The lowest BCUT2D eigenvalue weighted by Crippen LogP contribution is -2.31. The summed E-state index contributed by atoms with van der Waals surface area (Å²) in [5, 5.41) is 14.0. The molecule has 1 aromatic heterocycles. The Morgan fingerprint density at radius 1 is 1.35 bits per heavy atom. The summed E-state index contributed by atoms with van der Waals surface area (Å²) < 4.78 is 0. The minimum Gasteiger partial charge on any atom is -0.480 e. The van der Waals surface area contributed by atoms with Crippen LogP contribution in [0.25, 0.3) is 10.8 Å². The van der Waals surface area contributed by atoms with Gasteiger partial charge in [0.15, 0.2) is 0 Å². The number of pyridine rings is 1. The maximum absolute atomic E-state index is 11.3. The Morgan fingerprint density at radius 3 is 2.75 bits per heavy atom. The van der Waals surface area contributed by atoms with Gasteiger partial charge in [-0.15, -0.1) is 0 Å². The molecule has 5 nitrogen and oxygen atoms in total. The van der Waals surface area contributed by atoms with Gasteiger partial charge in [0.05, 0.1) is 0 Å². The second kappa shape index (κ2) is 5.77. The van der Waals surface area contributed by atoms with Crippen molar-refractivity contribution in [1.82, 2.24) is 4.98 Å². The Balaban J connectivity index is 2.37. The molecule has 0 aliphatic heterocycles. The van der Waals surface area contributed by atoms with E-state index in [0.29, 0.717) is 17.9 Å². The molecule has 1 aromatic carbocycles. The third kappa shape index (κ3) is 2.99. The summed E-state index contributed by atoms with van der Waals surface area (Å²) in [7, 11) is 0. The van der Waals surface area contributed by atoms with Crippen LogP contribution in [-0.2, 0) is 4.79 Å². The minimum atomic E-state index is -0.874. The van der Waals surface area contributed by atoms with Crippen LogP contribution in [0.5, 0.6) is 0 Å². The molecule has 20 heavy (non-hydrogen) atoms. The number of nitrogen functional groups attached to an aromatic ring is 1. The topological polar surface area (TPSA) is 88.2 Å². The van der Waals surface area contributed by atoms with Gasteiger partial charge in [0.25, 0.3) is 0 Å². The molecule has 0 bridgehead atoms. The first kappa shape index (κ1) is 14.1. The third-order valence-electron chi connectivity index (χ3n) is 3.16. The fourth-order valence-corrected chi connectivity index (χ4v) is 2.20. The van der Waals surface area contributed by atoms with E-state index in [1.807, 2.05) is 38.1 Å². The van der Waals surface area contributed by atoms with Crippen LogP contribution in [0, 0.1) is 5.92 Å². The average molecular weight is 273 g/mol. The van der Waals surface area contributed by atoms with Crippen molar-refractivity contribution in [3.8, 4) is 0 Å². The van der Waals surface area contributed by atoms with E-state index in [1.54, 1.807) is 6.20 Å². The van der Waals surface area contributed by atoms with Gasteiger partial charge >= 0.3 is 5.97 Å². The van der Waals surface area contributed by atoms with Crippen molar-refractivity contribution in [2.45, 2.75) is 26.3 Å². The number of aromatic nitrogens is 1. The second-order valence-corrected chi connectivity index (χ2v) is 5.27. The molecule has 1 atom stereocenters. The number of nitrogens with zero attached hydrogens (tertiary/aromatic N) is 1. The molecule has 106 valence electrons. The van der Waals surface area contributed by atoms with Crippen molar-refractivity contribution in [3.05, 3.63) is 30.5 Å². The zero-order valence-electron chi connectivity index (χ0n) is 11.6. The quantitative estimate of drug-likeness (QED) is 0.729. The smallest absolute Gasteiger partial charge is 0.326 e. The number of anilines is 2. The number of fused-ring (bicyclic) bond motifs is 1. The van der Waals surface area contributed by atoms with Crippen LogP contribution in [0.4, 0.5) is 11.5 Å². The van der Waals surface area contributed by atoms with Gasteiger partial charge in [-0.3, -0.25) is 0 Å². The SMILES string of the molecule is CC(C)CC(Nc1nccc2c(N)cccc12)C(=O)O. The molecule has 0 fully saturated rings. The van der Waals surface area contributed by atoms with E-state index in [1.165, 1.54) is 0 Å². The van der Waals surface area contributed by atoms with Crippen molar-refractivity contribution in [2.24, 2.45) is 5.92 Å². The molecule has 0 saturated heterocycles. The molecule has 0 radical (unpaired) electrons. The predicted octanol–water partition coefficient (Wildman–Crippen LogP) is 2.73. The van der Waals surface area contributed by atoms with Crippen LogP contribution in [-0.4, -0.2) is 22.1 Å². The van der Waals surface area contributed by atoms with E-state index in [-0.39, 0.29) is 5.92 Å². The monoisotopic (exact) mass is 273 g/mol. The third-order valence-corrected chi connectivity index (χ3v) is 3.16. The lowest BCUT2D eigenvalue weighted by atomic mass is 10.0. The van der Waals surface area contributed by atoms with E-state index in [2.05, 4.69) is 10.3 Å². The molecule has 1 unspecified atom stereocenters. The Hall–Kier alpha value is -2.30. The molecule has 0 amide bonds. The van der Waals surface area contributed by atoms with Crippen LogP contribution in [0.2, 0.25) is 0 Å². The lowest BCUT2D eigenvalue weighted by Gasteiger charge is -2.18. The number of hydrogen-bond donors (Lipinski definition) is 3. The minimum absolute atomic E-state index is 0.281. The Morgan fingerprint density at radius 2 is 2.10 bits per heavy atom. The van der Waals surface area contributed by atoms with Gasteiger partial charge in [-0.05, 0) is 24.5 Å². The van der Waals surface area contributed by atoms with Gasteiger partial charge in [-0.1, -0.05) is 26.0 Å². The molecule has 2 rings (SSSR count). The zero-order valence-corrected chi connectivity index (χ0v) is 11.6. The number of rotatable bonds is 5. The predicted molar refractivity (Wildman–Crippen MR) is 80.7 cm³/mol. The fourth-order valence-electron chi connectivity index (χ4n) is 2.20. The number of benzene rings is 1. The first-order chi connectivity index (χ1) is 9.49. The molecule has 4 N–H and O–H groups in total. The average Bonchev–Trinajstić information content (AvgIpc) is 2.38. The first-order valence-electron chi connectivity index (χ1n) is 6.61. The molecule has 0 aliphatic rings. The highest BCUT2D eigenvalue weighted by molar-refractivity contribution is 5.99. The van der Waals surface area contributed by atoms with Gasteiger partial charge < -0.3 is 16.2 Å². The van der Waals surface area contributed by atoms with Crippen molar-refractivity contribution in [3.63, 3.8) is 0 Å². The number of aliphatic carboxylic acids is 1. The van der Waals surface area contributed by atoms with E-state index in [0.717, 1.165) is 10.8 Å². The largest absolute Gasteiger partial charge is 0.480 e. The van der Waals surface area contributed by atoms with Gasteiger partial charge in [0.2, 0.25) is 0 Å². The number of carboxylic acids is 1. The van der Waals surface area contributed by atoms with E-state index >= 15 is 0 Å². The van der Waals surface area contributed by atoms with Crippen LogP contribution >= 0.6 is 0 Å². The first-order valence-corrected chi connectivity index (χ1v) is 6.61. The Kier molecular flexibility index (Phi) is 4.08. The summed E-state index contributed by atoms with van der Waals surface area (Å²) in [5.74, 6) is -0.0344. The number of carbonyl (C=O) groups is 1. The normalized spacial score (nSPS) is 12.6. The number of nitrogens with two attached hydrogens (primary N) is 1. The van der Waals surface area contributed by atoms with E-state index < -0.39 is 12.0 Å². The highest BCUT2D eigenvalue weighted by Crippen LogP contribution is 2.26. The second-order valence-electron chi connectivity index (χ2n) is 5.27. The number of carboxylic acid groups (broad SMARTS) is 1. The molecule has 0 saturated carbocycles. The van der Waals surface area contributed by atoms with Crippen molar-refractivity contribution in [1.29, 1.82) is 0 Å². The van der Waals surface area contributed by atoms with Crippen LogP contribution < -0.4 is 11.1 Å². The molecular weight excluding hydrogens is 254 g/mol. The van der Waals surface area contributed by atoms with Gasteiger partial charge in [-0.25, -0.2) is 9.78 Å². The van der Waals surface area contributed by atoms with Gasteiger partial charge in [0, 0.05) is 22.7 Å². The molecule has 2 aromatic rings. The molecule has 5 heteroatoms. The van der Waals surface area contributed by atoms with Crippen LogP contribution in [0.15, 0.2) is 30.5 Å². The lowest BCUT2D eigenvalue weighted by molar-refractivity contribution is -0.138. The molecule has 0 aliphatic carbocycles. The maximum atomic E-state index is 11.3. The van der Waals surface area contributed by atoms with Crippen molar-refractivity contribution < 1.29 is 9.90 Å². The summed E-state index contributed by atoms with van der Waals surface area (Å²) >= 11 is 0. The maximum Gasteiger partial charge on any atom is 0.326 e. The van der Waals surface area contributed by atoms with Crippen LogP contribution in [0.3, 0.4) is 0 Å². The Labute approximate surface area is 117 Å². The molecule has 0 spiro atoms. The summed E-state index contributed by atoms with van der Waals surface area (Å²) in [4.78, 5) is 15.6. The molecular formula is C15H19N3O2. The summed E-state index contributed by atoms with van der Waals surface area (Å²) in [6, 6.07) is 6.70.